The average molecular weight is 407 g/mol. The van der Waals surface area contributed by atoms with Crippen LogP contribution in [0.4, 0.5) is 10.1 Å². The number of hydrogen-bond acceptors (Lipinski definition) is 3. The predicted octanol–water partition coefficient (Wildman–Crippen LogP) is 3.81. The van der Waals surface area contributed by atoms with Crippen molar-refractivity contribution in [3.8, 4) is 0 Å². The Hall–Kier alpha value is -2.41. The molecule has 7 heteroatoms. The molecule has 0 spiro atoms. The Bertz CT molecular complexity index is 881. The van der Waals surface area contributed by atoms with Gasteiger partial charge in [0.15, 0.2) is 0 Å². The molecule has 0 aliphatic carbocycles. The van der Waals surface area contributed by atoms with Crippen molar-refractivity contribution in [2.45, 2.75) is 39.2 Å². The molecular formula is C21H27FN2O3S. The molecule has 0 unspecified atom stereocenters. The third kappa shape index (κ3) is 6.34. The molecule has 2 rings (SSSR count). The van der Waals surface area contributed by atoms with E-state index in [-0.39, 0.29) is 30.7 Å². The summed E-state index contributed by atoms with van der Waals surface area (Å²) < 4.78 is 38.6. The summed E-state index contributed by atoms with van der Waals surface area (Å²) in [6.45, 7) is 4.08. The highest BCUT2D eigenvalue weighted by atomic mass is 32.2. The number of anilines is 1. The molecule has 2 aromatic carbocycles. The molecule has 0 saturated heterocycles. The van der Waals surface area contributed by atoms with E-state index in [9.17, 15) is 17.6 Å². The highest BCUT2D eigenvalue weighted by Gasteiger charge is 2.18. The lowest BCUT2D eigenvalue weighted by Crippen LogP contribution is -2.32. The minimum Gasteiger partial charge on any atom is -0.350 e. The Morgan fingerprint density at radius 2 is 1.71 bits per heavy atom. The number of benzene rings is 2. The highest BCUT2D eigenvalue weighted by Crippen LogP contribution is 2.19. The maximum Gasteiger partial charge on any atom is 0.232 e. The average Bonchev–Trinajstić information content (AvgIpc) is 2.65. The van der Waals surface area contributed by atoms with Crippen molar-refractivity contribution in [1.82, 2.24) is 5.32 Å². The zero-order valence-electron chi connectivity index (χ0n) is 16.5. The fourth-order valence-corrected chi connectivity index (χ4v) is 3.88. The van der Waals surface area contributed by atoms with Gasteiger partial charge in [0.1, 0.15) is 5.82 Å². The molecule has 5 nitrogen and oxygen atoms in total. The van der Waals surface area contributed by atoms with Crippen molar-refractivity contribution in [3.63, 3.8) is 0 Å². The monoisotopic (exact) mass is 406 g/mol. The number of rotatable bonds is 9. The van der Waals surface area contributed by atoms with Gasteiger partial charge in [-0.15, -0.1) is 0 Å². The van der Waals surface area contributed by atoms with Crippen LogP contribution in [0.2, 0.25) is 0 Å². The van der Waals surface area contributed by atoms with Gasteiger partial charge in [-0.2, -0.15) is 0 Å². The largest absolute Gasteiger partial charge is 0.350 e. The minimum atomic E-state index is -3.44. The van der Waals surface area contributed by atoms with E-state index in [4.69, 9.17) is 0 Å². The van der Waals surface area contributed by atoms with Crippen LogP contribution in [0.5, 0.6) is 0 Å². The smallest absolute Gasteiger partial charge is 0.232 e. The number of carbonyl (C=O) groups excluding carboxylic acids is 1. The van der Waals surface area contributed by atoms with Crippen molar-refractivity contribution < 1.29 is 17.6 Å². The van der Waals surface area contributed by atoms with Crippen molar-refractivity contribution in [2.24, 2.45) is 0 Å². The highest BCUT2D eigenvalue weighted by molar-refractivity contribution is 7.92. The summed E-state index contributed by atoms with van der Waals surface area (Å²) in [5.74, 6) is -0.498. The molecule has 1 atom stereocenters. The van der Waals surface area contributed by atoms with Crippen LogP contribution in [0.25, 0.3) is 0 Å². The Labute approximate surface area is 166 Å². The van der Waals surface area contributed by atoms with Crippen LogP contribution >= 0.6 is 0 Å². The Balaban J connectivity index is 1.92. The third-order valence-corrected chi connectivity index (χ3v) is 5.74. The van der Waals surface area contributed by atoms with Crippen LogP contribution in [0.1, 0.15) is 43.9 Å². The third-order valence-electron chi connectivity index (χ3n) is 4.55. The number of nitrogens with zero attached hydrogens (tertiary/aromatic N) is 1. The zero-order valence-corrected chi connectivity index (χ0v) is 17.3. The van der Waals surface area contributed by atoms with Crippen LogP contribution in [0.3, 0.4) is 0 Å². The normalized spacial score (nSPS) is 12.4. The van der Waals surface area contributed by atoms with E-state index in [1.54, 1.807) is 24.3 Å². The molecule has 0 radical (unpaired) electrons. The summed E-state index contributed by atoms with van der Waals surface area (Å²) in [6, 6.07) is 13.1. The van der Waals surface area contributed by atoms with E-state index in [0.717, 1.165) is 23.8 Å². The fourth-order valence-electron chi connectivity index (χ4n) is 2.92. The SMILES string of the molecule is CCc1ccc(N(CCCC(=O)N[C@H](C)c2ccc(F)cc2)S(C)(=O)=O)cc1. The van der Waals surface area contributed by atoms with Gasteiger partial charge in [0, 0.05) is 13.0 Å². The van der Waals surface area contributed by atoms with Gasteiger partial charge in [0.2, 0.25) is 15.9 Å². The Morgan fingerprint density at radius 3 is 2.25 bits per heavy atom. The summed E-state index contributed by atoms with van der Waals surface area (Å²) in [5.41, 5.74) is 2.54. The van der Waals surface area contributed by atoms with Gasteiger partial charge >= 0.3 is 0 Å². The molecule has 1 amide bonds. The lowest BCUT2D eigenvalue weighted by Gasteiger charge is -2.23. The van der Waals surface area contributed by atoms with Gasteiger partial charge < -0.3 is 5.32 Å². The molecule has 1 N–H and O–H groups in total. The predicted molar refractivity (Wildman–Crippen MR) is 110 cm³/mol. The Morgan fingerprint density at radius 1 is 1.11 bits per heavy atom. The molecule has 0 heterocycles. The van der Waals surface area contributed by atoms with Crippen LogP contribution in [-0.4, -0.2) is 27.1 Å². The van der Waals surface area contributed by atoms with Crippen LogP contribution in [0, 0.1) is 5.82 Å². The van der Waals surface area contributed by atoms with Crippen molar-refractivity contribution >= 4 is 21.6 Å². The van der Waals surface area contributed by atoms with Crippen LogP contribution in [0.15, 0.2) is 48.5 Å². The molecule has 2 aromatic rings. The van der Waals surface area contributed by atoms with E-state index in [1.807, 2.05) is 26.0 Å². The number of nitrogens with one attached hydrogen (secondary N) is 1. The maximum atomic E-state index is 13.0. The second-order valence-electron chi connectivity index (χ2n) is 6.80. The minimum absolute atomic E-state index is 0.174. The maximum absolute atomic E-state index is 13.0. The zero-order chi connectivity index (χ0) is 20.7. The van der Waals surface area contributed by atoms with Crippen LogP contribution < -0.4 is 9.62 Å². The first-order chi connectivity index (χ1) is 13.2. The van der Waals surface area contributed by atoms with Crippen molar-refractivity contribution in [3.05, 3.63) is 65.5 Å². The van der Waals surface area contributed by atoms with E-state index in [2.05, 4.69) is 5.32 Å². The number of hydrogen-bond donors (Lipinski definition) is 1. The summed E-state index contributed by atoms with van der Waals surface area (Å²) in [4.78, 5) is 12.2. The van der Waals surface area contributed by atoms with Gasteiger partial charge in [-0.1, -0.05) is 31.2 Å². The lowest BCUT2D eigenvalue weighted by atomic mass is 10.1. The molecule has 0 saturated carbocycles. The van der Waals surface area contributed by atoms with Gasteiger partial charge in [0.25, 0.3) is 0 Å². The fraction of sp³-hybridized carbons (Fsp3) is 0.381. The first-order valence-electron chi connectivity index (χ1n) is 9.32. The molecule has 152 valence electrons. The number of sulfonamides is 1. The first kappa shape index (κ1) is 21.9. The second-order valence-corrected chi connectivity index (χ2v) is 8.71. The molecule has 0 aliphatic rings. The summed E-state index contributed by atoms with van der Waals surface area (Å²) >= 11 is 0. The standard InChI is InChI=1S/C21H27FN2O3S/c1-4-17-7-13-20(14-8-17)24(28(3,26)27)15-5-6-21(25)23-16(2)18-9-11-19(22)12-10-18/h7-14,16H,4-6,15H2,1-3H3,(H,23,25)/t16-/m1/s1. The van der Waals surface area contributed by atoms with Gasteiger partial charge in [-0.3, -0.25) is 9.10 Å². The summed E-state index contributed by atoms with van der Waals surface area (Å²) in [5, 5.41) is 2.85. The van der Waals surface area contributed by atoms with Crippen molar-refractivity contribution in [1.29, 1.82) is 0 Å². The van der Waals surface area contributed by atoms with Gasteiger partial charge in [-0.05, 0) is 55.2 Å². The number of halogens is 1. The quantitative estimate of drug-likeness (QED) is 0.689. The van der Waals surface area contributed by atoms with Gasteiger partial charge in [-0.25, -0.2) is 12.8 Å². The van der Waals surface area contributed by atoms with Crippen LogP contribution in [-0.2, 0) is 21.2 Å². The Kier molecular flexibility index (Phi) is 7.57. The molecule has 0 aromatic heterocycles. The molecular weight excluding hydrogens is 379 g/mol. The second kappa shape index (κ2) is 9.68. The number of carbonyl (C=O) groups is 1. The van der Waals surface area contributed by atoms with E-state index < -0.39 is 10.0 Å². The topological polar surface area (TPSA) is 66.5 Å². The van der Waals surface area contributed by atoms with E-state index in [0.29, 0.717) is 12.1 Å². The first-order valence-corrected chi connectivity index (χ1v) is 11.2. The number of aryl methyl sites for hydroxylation is 1. The number of amides is 1. The molecule has 28 heavy (non-hydrogen) atoms. The van der Waals surface area contributed by atoms with Crippen molar-refractivity contribution in [2.75, 3.05) is 17.1 Å². The molecule has 0 aliphatic heterocycles. The summed E-state index contributed by atoms with van der Waals surface area (Å²) in [7, 11) is -3.44. The molecule has 0 fully saturated rings. The summed E-state index contributed by atoms with van der Waals surface area (Å²) in [6.07, 6.45) is 2.64. The van der Waals surface area contributed by atoms with E-state index in [1.165, 1.54) is 16.4 Å². The molecule has 0 bridgehead atoms. The van der Waals surface area contributed by atoms with E-state index >= 15 is 0 Å². The van der Waals surface area contributed by atoms with Gasteiger partial charge in [0.05, 0.1) is 18.0 Å². The lowest BCUT2D eigenvalue weighted by molar-refractivity contribution is -0.121.